The highest BCUT2D eigenvalue weighted by molar-refractivity contribution is 6.18. The third kappa shape index (κ3) is 5.32. The molecule has 0 spiro atoms. The lowest BCUT2D eigenvalue weighted by Crippen LogP contribution is -2.06. The molecule has 0 N–H and O–H groups in total. The Hall–Kier alpha value is 0.0300. The molecule has 2 unspecified atom stereocenters. The fraction of sp³-hybridized carbons (Fsp3) is 0.800. The molecule has 1 heteroatoms. The molecule has 0 aromatic heterocycles. The van der Waals surface area contributed by atoms with E-state index in [0.29, 0.717) is 5.92 Å². The van der Waals surface area contributed by atoms with Gasteiger partial charge in [0.2, 0.25) is 0 Å². The van der Waals surface area contributed by atoms with E-state index in [1.807, 2.05) is 6.08 Å². The molecular formula is C10H19Cl. The highest BCUT2D eigenvalue weighted by atomic mass is 35.5. The van der Waals surface area contributed by atoms with E-state index >= 15 is 0 Å². The lowest BCUT2D eigenvalue weighted by molar-refractivity contribution is 0.412. The lowest BCUT2D eigenvalue weighted by Gasteiger charge is -2.15. The number of allylic oxidation sites excluding steroid dienone is 1. The normalized spacial score (nSPS) is 15.9. The summed E-state index contributed by atoms with van der Waals surface area (Å²) in [4.78, 5) is 0. The van der Waals surface area contributed by atoms with Gasteiger partial charge in [-0.25, -0.2) is 0 Å². The molecule has 0 aliphatic carbocycles. The van der Waals surface area contributed by atoms with Crippen LogP contribution in [0.3, 0.4) is 0 Å². The van der Waals surface area contributed by atoms with Gasteiger partial charge in [0.15, 0.2) is 0 Å². The standard InChI is InChI=1S/C10H19Cl/c1-4-6-10(8-11)7-9(3)5-2/h4,9-10H,1,5-8H2,2-3H3. The summed E-state index contributed by atoms with van der Waals surface area (Å²) in [6.45, 7) is 8.23. The summed E-state index contributed by atoms with van der Waals surface area (Å²) in [5, 5.41) is 0. The van der Waals surface area contributed by atoms with Crippen molar-refractivity contribution >= 4 is 11.6 Å². The summed E-state index contributed by atoms with van der Waals surface area (Å²) in [5.74, 6) is 2.22. The molecule has 2 atom stereocenters. The van der Waals surface area contributed by atoms with Crippen LogP contribution in [-0.4, -0.2) is 5.88 Å². The Morgan fingerprint density at radius 2 is 2.18 bits per heavy atom. The first-order valence-electron chi connectivity index (χ1n) is 4.41. The van der Waals surface area contributed by atoms with Gasteiger partial charge in [0.25, 0.3) is 0 Å². The van der Waals surface area contributed by atoms with Crippen LogP contribution in [0.1, 0.15) is 33.1 Å². The van der Waals surface area contributed by atoms with Crippen molar-refractivity contribution in [1.29, 1.82) is 0 Å². The molecular weight excluding hydrogens is 156 g/mol. The molecule has 0 saturated carbocycles. The predicted molar refractivity (Wildman–Crippen MR) is 53.1 cm³/mol. The van der Waals surface area contributed by atoms with Crippen LogP contribution in [0.15, 0.2) is 12.7 Å². The quantitative estimate of drug-likeness (QED) is 0.424. The minimum atomic E-state index is 0.643. The topological polar surface area (TPSA) is 0 Å². The molecule has 11 heavy (non-hydrogen) atoms. The molecule has 0 saturated heterocycles. The first-order chi connectivity index (χ1) is 5.24. The summed E-state index contributed by atoms with van der Waals surface area (Å²) in [5.41, 5.74) is 0. The van der Waals surface area contributed by atoms with Crippen molar-refractivity contribution in [2.75, 3.05) is 5.88 Å². The smallest absolute Gasteiger partial charge is 0.0254 e. The number of alkyl halides is 1. The van der Waals surface area contributed by atoms with Gasteiger partial charge in [0.05, 0.1) is 0 Å². The molecule has 0 nitrogen and oxygen atoms in total. The fourth-order valence-corrected chi connectivity index (χ4v) is 1.45. The molecule has 0 radical (unpaired) electrons. The Balaban J connectivity index is 3.57. The van der Waals surface area contributed by atoms with Gasteiger partial charge in [-0.05, 0) is 24.7 Å². The Morgan fingerprint density at radius 3 is 2.55 bits per heavy atom. The zero-order chi connectivity index (χ0) is 8.69. The van der Waals surface area contributed by atoms with Gasteiger partial charge in [-0.3, -0.25) is 0 Å². The van der Waals surface area contributed by atoms with Gasteiger partial charge in [0, 0.05) is 5.88 Å². The van der Waals surface area contributed by atoms with Gasteiger partial charge in [-0.1, -0.05) is 26.3 Å². The minimum Gasteiger partial charge on any atom is -0.126 e. The monoisotopic (exact) mass is 174 g/mol. The van der Waals surface area contributed by atoms with Gasteiger partial charge in [0.1, 0.15) is 0 Å². The highest BCUT2D eigenvalue weighted by Crippen LogP contribution is 2.19. The largest absolute Gasteiger partial charge is 0.126 e. The van der Waals surface area contributed by atoms with E-state index in [-0.39, 0.29) is 0 Å². The van der Waals surface area contributed by atoms with E-state index in [1.165, 1.54) is 12.8 Å². The van der Waals surface area contributed by atoms with Crippen LogP contribution in [0.5, 0.6) is 0 Å². The maximum absolute atomic E-state index is 5.80. The lowest BCUT2D eigenvalue weighted by atomic mass is 9.93. The maximum Gasteiger partial charge on any atom is 0.0254 e. The zero-order valence-corrected chi connectivity index (χ0v) is 8.40. The molecule has 0 heterocycles. The molecule has 0 rings (SSSR count). The van der Waals surface area contributed by atoms with Crippen molar-refractivity contribution in [1.82, 2.24) is 0 Å². The molecule has 0 bridgehead atoms. The molecule has 0 aromatic carbocycles. The van der Waals surface area contributed by atoms with Crippen molar-refractivity contribution in [3.63, 3.8) is 0 Å². The second kappa shape index (κ2) is 6.72. The van der Waals surface area contributed by atoms with Crippen LogP contribution < -0.4 is 0 Å². The summed E-state index contributed by atoms with van der Waals surface area (Å²) >= 11 is 5.80. The Kier molecular flexibility index (Phi) is 6.74. The van der Waals surface area contributed by atoms with E-state index in [2.05, 4.69) is 20.4 Å². The average Bonchev–Trinajstić information content (AvgIpc) is 2.03. The second-order valence-corrected chi connectivity index (χ2v) is 3.60. The first kappa shape index (κ1) is 11.0. The molecule has 0 aliphatic rings. The van der Waals surface area contributed by atoms with E-state index in [9.17, 15) is 0 Å². The number of halogens is 1. The van der Waals surface area contributed by atoms with Crippen molar-refractivity contribution in [2.45, 2.75) is 33.1 Å². The van der Waals surface area contributed by atoms with Gasteiger partial charge >= 0.3 is 0 Å². The number of hydrogen-bond acceptors (Lipinski definition) is 0. The Bertz CT molecular complexity index is 99.0. The van der Waals surface area contributed by atoms with E-state index in [4.69, 9.17) is 11.6 Å². The zero-order valence-electron chi connectivity index (χ0n) is 7.65. The second-order valence-electron chi connectivity index (χ2n) is 3.29. The third-order valence-corrected chi connectivity index (χ3v) is 2.59. The van der Waals surface area contributed by atoms with Crippen LogP contribution >= 0.6 is 11.6 Å². The summed E-state index contributed by atoms with van der Waals surface area (Å²) < 4.78 is 0. The highest BCUT2D eigenvalue weighted by Gasteiger charge is 2.08. The van der Waals surface area contributed by atoms with Crippen molar-refractivity contribution in [3.05, 3.63) is 12.7 Å². The van der Waals surface area contributed by atoms with Crippen molar-refractivity contribution in [3.8, 4) is 0 Å². The molecule has 0 fully saturated rings. The summed E-state index contributed by atoms with van der Waals surface area (Å²) in [6.07, 6.45) is 5.53. The summed E-state index contributed by atoms with van der Waals surface area (Å²) in [6, 6.07) is 0. The van der Waals surface area contributed by atoms with Gasteiger partial charge in [-0.2, -0.15) is 0 Å². The van der Waals surface area contributed by atoms with E-state index < -0.39 is 0 Å². The summed E-state index contributed by atoms with van der Waals surface area (Å²) in [7, 11) is 0. The Labute approximate surface area is 75.6 Å². The number of rotatable bonds is 6. The average molecular weight is 175 g/mol. The maximum atomic E-state index is 5.80. The van der Waals surface area contributed by atoms with Crippen LogP contribution in [0.25, 0.3) is 0 Å². The SMILES string of the molecule is C=CCC(CCl)CC(C)CC. The van der Waals surface area contributed by atoms with Crippen LogP contribution in [0.2, 0.25) is 0 Å². The molecule has 0 aromatic rings. The van der Waals surface area contributed by atoms with Crippen LogP contribution in [0, 0.1) is 11.8 Å². The van der Waals surface area contributed by atoms with Crippen molar-refractivity contribution < 1.29 is 0 Å². The van der Waals surface area contributed by atoms with Crippen LogP contribution in [0.4, 0.5) is 0 Å². The molecule has 66 valence electrons. The number of hydrogen-bond donors (Lipinski definition) is 0. The molecule has 0 amide bonds. The first-order valence-corrected chi connectivity index (χ1v) is 4.94. The van der Waals surface area contributed by atoms with Gasteiger partial charge < -0.3 is 0 Å². The van der Waals surface area contributed by atoms with E-state index in [0.717, 1.165) is 18.2 Å². The third-order valence-electron chi connectivity index (χ3n) is 2.15. The predicted octanol–water partition coefficient (Wildman–Crippen LogP) is 3.85. The van der Waals surface area contributed by atoms with Crippen molar-refractivity contribution in [2.24, 2.45) is 11.8 Å². The fourth-order valence-electron chi connectivity index (χ4n) is 1.19. The Morgan fingerprint density at radius 1 is 1.55 bits per heavy atom. The van der Waals surface area contributed by atoms with E-state index in [1.54, 1.807) is 0 Å². The van der Waals surface area contributed by atoms with Gasteiger partial charge in [-0.15, -0.1) is 18.2 Å². The van der Waals surface area contributed by atoms with Crippen LogP contribution in [-0.2, 0) is 0 Å². The minimum absolute atomic E-state index is 0.643. The molecule has 0 aliphatic heterocycles.